The van der Waals surface area contributed by atoms with E-state index >= 15 is 0 Å². The van der Waals surface area contributed by atoms with E-state index in [0.717, 1.165) is 17.3 Å². The van der Waals surface area contributed by atoms with Crippen LogP contribution in [-0.4, -0.2) is 33.4 Å². The topological polar surface area (TPSA) is 108 Å². The maximum Gasteiger partial charge on any atom is 0.344 e. The normalized spacial score (nSPS) is 17.6. The molecule has 144 valence electrons. The molecule has 0 aromatic heterocycles. The van der Waals surface area contributed by atoms with E-state index in [2.05, 4.69) is 10.3 Å². The molecule has 1 atom stereocenters. The van der Waals surface area contributed by atoms with E-state index in [-0.39, 0.29) is 11.7 Å². The molecule has 1 heterocycles. The summed E-state index contributed by atoms with van der Waals surface area (Å²) in [5, 5.41) is 21.9. The molecule has 0 bridgehead atoms. The van der Waals surface area contributed by atoms with Crippen molar-refractivity contribution in [3.05, 3.63) is 58.5 Å². The predicted molar refractivity (Wildman–Crippen MR) is 108 cm³/mol. The number of benzene rings is 2. The van der Waals surface area contributed by atoms with Crippen molar-refractivity contribution in [1.82, 2.24) is 5.32 Å². The molecule has 1 amide bonds. The van der Waals surface area contributed by atoms with Gasteiger partial charge in [0.15, 0.2) is 11.3 Å². The van der Waals surface area contributed by atoms with Crippen LogP contribution in [0.3, 0.4) is 0 Å². The number of carboxylic acids is 1. The van der Waals surface area contributed by atoms with E-state index in [4.69, 9.17) is 9.84 Å². The molecular weight excluding hydrogens is 380 g/mol. The summed E-state index contributed by atoms with van der Waals surface area (Å²) in [5.74, 6) is -0.940. The van der Waals surface area contributed by atoms with Crippen LogP contribution in [0.1, 0.15) is 18.1 Å². The highest BCUT2D eigenvalue weighted by Crippen LogP contribution is 2.32. The summed E-state index contributed by atoms with van der Waals surface area (Å²) in [7, 11) is 0. The number of carbonyl (C=O) groups excluding carboxylic acids is 1. The molecule has 1 aliphatic heterocycles. The zero-order valence-electron chi connectivity index (χ0n) is 15.2. The Morgan fingerprint density at radius 2 is 2.07 bits per heavy atom. The number of hydrogen-bond donors (Lipinski definition) is 3. The van der Waals surface area contributed by atoms with Gasteiger partial charge in [0.05, 0.1) is 4.91 Å². The molecule has 0 spiro atoms. The van der Waals surface area contributed by atoms with E-state index in [1.165, 1.54) is 6.92 Å². The van der Waals surface area contributed by atoms with Gasteiger partial charge < -0.3 is 20.3 Å². The third-order valence-electron chi connectivity index (χ3n) is 3.82. The Morgan fingerprint density at radius 1 is 1.29 bits per heavy atom. The van der Waals surface area contributed by atoms with Crippen molar-refractivity contribution in [2.45, 2.75) is 20.0 Å². The fraction of sp³-hybridized carbons (Fsp3) is 0.150. The largest absolute Gasteiger partial charge is 0.506 e. The maximum absolute atomic E-state index is 12.2. The Morgan fingerprint density at radius 3 is 2.82 bits per heavy atom. The summed E-state index contributed by atoms with van der Waals surface area (Å²) in [6, 6.07) is 11.8. The number of aryl methyl sites for hydroxylation is 1. The van der Waals surface area contributed by atoms with Gasteiger partial charge >= 0.3 is 5.97 Å². The Hall–Kier alpha value is -3.26. The quantitative estimate of drug-likeness (QED) is 0.666. The molecule has 2 aromatic carbocycles. The van der Waals surface area contributed by atoms with E-state index in [1.807, 2.05) is 6.92 Å². The van der Waals surface area contributed by atoms with Crippen LogP contribution >= 0.6 is 11.8 Å². The number of hydrogen-bond acceptors (Lipinski definition) is 6. The predicted octanol–water partition coefficient (Wildman–Crippen LogP) is 3.44. The first-order valence-electron chi connectivity index (χ1n) is 8.40. The minimum atomic E-state index is -1.06. The Labute approximate surface area is 165 Å². The third kappa shape index (κ3) is 4.72. The van der Waals surface area contributed by atoms with Gasteiger partial charge in [-0.25, -0.2) is 9.79 Å². The monoisotopic (exact) mass is 398 g/mol. The van der Waals surface area contributed by atoms with Crippen LogP contribution < -0.4 is 10.1 Å². The molecule has 0 saturated carbocycles. The Kier molecular flexibility index (Phi) is 5.70. The highest BCUT2D eigenvalue weighted by Gasteiger charge is 2.24. The second-order valence-corrected chi connectivity index (χ2v) is 7.18. The smallest absolute Gasteiger partial charge is 0.344 e. The minimum Gasteiger partial charge on any atom is -0.506 e. The van der Waals surface area contributed by atoms with Gasteiger partial charge in [0.2, 0.25) is 0 Å². The summed E-state index contributed by atoms with van der Waals surface area (Å²) >= 11 is 1.15. The fourth-order valence-corrected chi connectivity index (χ4v) is 3.23. The molecule has 0 radical (unpaired) electrons. The number of aliphatic imine (C=N–C) groups is 1. The van der Waals surface area contributed by atoms with E-state index in [0.29, 0.717) is 27.1 Å². The highest BCUT2D eigenvalue weighted by atomic mass is 32.2. The summed E-state index contributed by atoms with van der Waals surface area (Å²) < 4.78 is 5.34. The summed E-state index contributed by atoms with van der Waals surface area (Å²) in [4.78, 5) is 27.9. The van der Waals surface area contributed by atoms with Crippen LogP contribution in [-0.2, 0) is 9.59 Å². The number of thioether (sulfide) groups is 1. The first-order chi connectivity index (χ1) is 13.3. The summed E-state index contributed by atoms with van der Waals surface area (Å²) in [6.07, 6.45) is 0.685. The number of rotatable bonds is 5. The lowest BCUT2D eigenvalue weighted by molar-refractivity contribution is -0.144. The zero-order valence-corrected chi connectivity index (χ0v) is 16.0. The van der Waals surface area contributed by atoms with Crippen LogP contribution in [0.25, 0.3) is 6.08 Å². The van der Waals surface area contributed by atoms with E-state index in [1.54, 1.807) is 48.5 Å². The number of carbonyl (C=O) groups is 2. The lowest BCUT2D eigenvalue weighted by atomic mass is 10.2. The molecule has 28 heavy (non-hydrogen) atoms. The van der Waals surface area contributed by atoms with Gasteiger partial charge in [-0.3, -0.25) is 4.79 Å². The first kappa shape index (κ1) is 19.5. The molecular formula is C20H18N2O5S. The third-order valence-corrected chi connectivity index (χ3v) is 4.73. The van der Waals surface area contributed by atoms with Crippen LogP contribution in [0.15, 0.2) is 52.4 Å². The number of phenols is 1. The van der Waals surface area contributed by atoms with Crippen LogP contribution in [0.5, 0.6) is 11.5 Å². The highest BCUT2D eigenvalue weighted by molar-refractivity contribution is 8.18. The van der Waals surface area contributed by atoms with Crippen molar-refractivity contribution < 1.29 is 24.5 Å². The number of nitrogens with zero attached hydrogens (tertiary/aromatic N) is 1. The van der Waals surface area contributed by atoms with Gasteiger partial charge in [-0.1, -0.05) is 18.2 Å². The van der Waals surface area contributed by atoms with Crippen LogP contribution in [0, 0.1) is 6.92 Å². The molecule has 1 saturated heterocycles. The SMILES string of the molecule is Cc1ccc(O)c(N=C2NC(=O)/C(=C\c3cccc(OC(C)C(=O)O)c3)S2)c1. The Balaban J connectivity index is 1.80. The van der Waals surface area contributed by atoms with Gasteiger partial charge in [-0.2, -0.15) is 0 Å². The lowest BCUT2D eigenvalue weighted by Crippen LogP contribution is -2.22. The molecule has 0 aliphatic carbocycles. The van der Waals surface area contributed by atoms with Crippen molar-refractivity contribution in [2.24, 2.45) is 4.99 Å². The van der Waals surface area contributed by atoms with Gasteiger partial charge in [0.25, 0.3) is 5.91 Å². The minimum absolute atomic E-state index is 0.0304. The van der Waals surface area contributed by atoms with Crippen molar-refractivity contribution in [3.8, 4) is 11.5 Å². The van der Waals surface area contributed by atoms with Crippen LogP contribution in [0.2, 0.25) is 0 Å². The molecule has 2 aromatic rings. The van der Waals surface area contributed by atoms with Crippen molar-refractivity contribution in [3.63, 3.8) is 0 Å². The molecule has 8 heteroatoms. The number of aliphatic carboxylic acids is 1. The number of carboxylic acid groups (broad SMARTS) is 1. The molecule has 1 fully saturated rings. The Bertz CT molecular complexity index is 1000. The van der Waals surface area contributed by atoms with Gasteiger partial charge in [0.1, 0.15) is 17.2 Å². The average Bonchev–Trinajstić information content (AvgIpc) is 2.97. The lowest BCUT2D eigenvalue weighted by Gasteiger charge is -2.10. The van der Waals surface area contributed by atoms with Gasteiger partial charge in [-0.15, -0.1) is 0 Å². The zero-order chi connectivity index (χ0) is 20.3. The number of ether oxygens (including phenoxy) is 1. The molecule has 7 nitrogen and oxygen atoms in total. The van der Waals surface area contributed by atoms with Crippen LogP contribution in [0.4, 0.5) is 5.69 Å². The van der Waals surface area contributed by atoms with Crippen molar-refractivity contribution in [2.75, 3.05) is 0 Å². The first-order valence-corrected chi connectivity index (χ1v) is 9.22. The molecule has 1 unspecified atom stereocenters. The van der Waals surface area contributed by atoms with Gasteiger partial charge in [-0.05, 0) is 67.1 Å². The molecule has 1 aliphatic rings. The van der Waals surface area contributed by atoms with Crippen molar-refractivity contribution in [1.29, 1.82) is 0 Å². The second kappa shape index (κ2) is 8.18. The molecule has 3 rings (SSSR count). The van der Waals surface area contributed by atoms with Crippen molar-refractivity contribution >= 4 is 40.6 Å². The average molecular weight is 398 g/mol. The maximum atomic E-state index is 12.2. The number of nitrogens with one attached hydrogen (secondary N) is 1. The van der Waals surface area contributed by atoms with Gasteiger partial charge in [0, 0.05) is 0 Å². The summed E-state index contributed by atoms with van der Waals surface area (Å²) in [5.41, 5.74) is 2.00. The van der Waals surface area contributed by atoms with E-state index in [9.17, 15) is 14.7 Å². The number of aromatic hydroxyl groups is 1. The fourth-order valence-electron chi connectivity index (χ4n) is 2.40. The van der Waals surface area contributed by atoms with E-state index < -0.39 is 12.1 Å². The summed E-state index contributed by atoms with van der Waals surface area (Å²) in [6.45, 7) is 3.33. The standard InChI is InChI=1S/C20H18N2O5S/c1-11-6-7-16(23)15(8-11)21-20-22-18(24)17(28-20)10-13-4-3-5-14(9-13)27-12(2)19(25)26/h3-10,12,23H,1-2H3,(H,25,26)(H,21,22,24)/b17-10+. The second-order valence-electron chi connectivity index (χ2n) is 6.14. The molecule has 3 N–H and O–H groups in total. The number of amidine groups is 1. The number of amides is 1. The number of phenolic OH excluding ortho intramolecular Hbond substituents is 1.